The molecule has 0 radical (unpaired) electrons. The van der Waals surface area contributed by atoms with Crippen molar-refractivity contribution >= 4 is 0 Å². The Morgan fingerprint density at radius 1 is 1.20 bits per heavy atom. The molecule has 0 aliphatic carbocycles. The fourth-order valence-corrected chi connectivity index (χ4v) is 2.07. The molecule has 2 heterocycles. The zero-order valence-electron chi connectivity index (χ0n) is 11.4. The summed E-state index contributed by atoms with van der Waals surface area (Å²) < 4.78 is 12.5. The molecule has 20 heavy (non-hydrogen) atoms. The van der Waals surface area contributed by atoms with Crippen LogP contribution in [0.5, 0.6) is 5.75 Å². The molecule has 5 heteroatoms. The van der Waals surface area contributed by atoms with Gasteiger partial charge in [0, 0.05) is 12.7 Å². The van der Waals surface area contributed by atoms with E-state index in [2.05, 4.69) is 14.7 Å². The smallest absolute Gasteiger partial charge is 0.274 e. The lowest BCUT2D eigenvalue weighted by Gasteiger charge is -2.07. The van der Waals surface area contributed by atoms with Crippen LogP contribution in [-0.2, 0) is 6.54 Å². The van der Waals surface area contributed by atoms with Gasteiger partial charge in [-0.05, 0) is 36.8 Å². The summed E-state index contributed by atoms with van der Waals surface area (Å²) >= 11 is 0. The van der Waals surface area contributed by atoms with Gasteiger partial charge in [0.25, 0.3) is 5.89 Å². The lowest BCUT2D eigenvalue weighted by molar-refractivity contribution is 0.414. The molecule has 0 unspecified atom stereocenters. The van der Waals surface area contributed by atoms with Crippen molar-refractivity contribution in [1.29, 1.82) is 0 Å². The van der Waals surface area contributed by atoms with Crippen LogP contribution in [0, 0.1) is 6.92 Å². The summed E-state index contributed by atoms with van der Waals surface area (Å²) in [7, 11) is 1.66. The lowest BCUT2D eigenvalue weighted by Crippen LogP contribution is -2.00. The minimum Gasteiger partial charge on any atom is -0.497 e. The molecule has 3 rings (SSSR count). The van der Waals surface area contributed by atoms with Gasteiger partial charge in [0.15, 0.2) is 5.82 Å². The van der Waals surface area contributed by atoms with Crippen molar-refractivity contribution in [3.8, 4) is 17.3 Å². The molecule has 0 aliphatic rings. The summed E-state index contributed by atoms with van der Waals surface area (Å²) in [6.45, 7) is 2.55. The minimum absolute atomic E-state index is 0.543. The summed E-state index contributed by atoms with van der Waals surface area (Å²) in [6, 6.07) is 11.9. The van der Waals surface area contributed by atoms with Crippen LogP contribution in [0.1, 0.15) is 11.4 Å². The molecular formula is C15H15N3O2. The molecule has 0 spiro atoms. The van der Waals surface area contributed by atoms with Gasteiger partial charge in [-0.3, -0.25) is 0 Å². The number of nitrogens with zero attached hydrogens (tertiary/aromatic N) is 3. The molecule has 0 aliphatic heterocycles. The molecule has 0 saturated heterocycles. The lowest BCUT2D eigenvalue weighted by atomic mass is 10.2. The average Bonchev–Trinajstić information content (AvgIpc) is 3.08. The van der Waals surface area contributed by atoms with E-state index in [1.807, 2.05) is 49.5 Å². The Morgan fingerprint density at radius 2 is 2.00 bits per heavy atom. The highest BCUT2D eigenvalue weighted by molar-refractivity contribution is 5.48. The van der Waals surface area contributed by atoms with Gasteiger partial charge in [0.2, 0.25) is 0 Å². The van der Waals surface area contributed by atoms with Gasteiger partial charge >= 0.3 is 0 Å². The van der Waals surface area contributed by atoms with Crippen LogP contribution in [0.4, 0.5) is 0 Å². The van der Waals surface area contributed by atoms with Crippen LogP contribution >= 0.6 is 0 Å². The number of hydrogen-bond donors (Lipinski definition) is 0. The van der Waals surface area contributed by atoms with Crippen LogP contribution in [-0.4, -0.2) is 21.8 Å². The van der Waals surface area contributed by atoms with Gasteiger partial charge in [-0.2, -0.15) is 4.98 Å². The first kappa shape index (κ1) is 12.5. The normalized spacial score (nSPS) is 10.7. The number of aryl methyl sites for hydroxylation is 1. The molecule has 2 aromatic heterocycles. The number of aromatic nitrogens is 3. The fourth-order valence-electron chi connectivity index (χ4n) is 2.07. The fraction of sp³-hybridized carbons (Fsp3) is 0.200. The molecule has 0 saturated carbocycles. The van der Waals surface area contributed by atoms with E-state index in [1.165, 1.54) is 5.56 Å². The van der Waals surface area contributed by atoms with Crippen molar-refractivity contribution in [2.24, 2.45) is 0 Å². The van der Waals surface area contributed by atoms with Crippen molar-refractivity contribution in [2.75, 3.05) is 7.11 Å². The van der Waals surface area contributed by atoms with Crippen molar-refractivity contribution in [1.82, 2.24) is 14.7 Å². The molecule has 5 nitrogen and oxygen atoms in total. The van der Waals surface area contributed by atoms with Crippen molar-refractivity contribution in [2.45, 2.75) is 13.5 Å². The van der Waals surface area contributed by atoms with Crippen molar-refractivity contribution in [3.63, 3.8) is 0 Å². The van der Waals surface area contributed by atoms with E-state index >= 15 is 0 Å². The maximum atomic E-state index is 5.22. The summed E-state index contributed by atoms with van der Waals surface area (Å²) in [5, 5.41) is 3.83. The highest BCUT2D eigenvalue weighted by Crippen LogP contribution is 2.20. The third-order valence-electron chi connectivity index (χ3n) is 3.09. The van der Waals surface area contributed by atoms with Crippen molar-refractivity contribution < 1.29 is 9.26 Å². The summed E-state index contributed by atoms with van der Waals surface area (Å²) in [4.78, 5) is 4.26. The van der Waals surface area contributed by atoms with E-state index in [0.29, 0.717) is 11.7 Å². The minimum atomic E-state index is 0.543. The molecular weight excluding hydrogens is 254 g/mol. The topological polar surface area (TPSA) is 53.1 Å². The third kappa shape index (κ3) is 2.42. The van der Waals surface area contributed by atoms with Crippen LogP contribution < -0.4 is 4.74 Å². The SMILES string of the molecule is COc1ccc(Cn2cccc2-c2nc(C)no2)cc1. The highest BCUT2D eigenvalue weighted by atomic mass is 16.5. The monoisotopic (exact) mass is 269 g/mol. The van der Waals surface area contributed by atoms with Gasteiger partial charge in [0.05, 0.1) is 7.11 Å². The maximum Gasteiger partial charge on any atom is 0.274 e. The summed E-state index contributed by atoms with van der Waals surface area (Å²) in [6.07, 6.45) is 2.00. The summed E-state index contributed by atoms with van der Waals surface area (Å²) in [5.74, 6) is 2.03. The number of methoxy groups -OCH3 is 1. The second kappa shape index (κ2) is 5.21. The van der Waals surface area contributed by atoms with Crippen LogP contribution in [0.3, 0.4) is 0 Å². The van der Waals surface area contributed by atoms with E-state index in [9.17, 15) is 0 Å². The Kier molecular flexibility index (Phi) is 3.25. The zero-order chi connectivity index (χ0) is 13.9. The zero-order valence-corrected chi connectivity index (χ0v) is 11.4. The van der Waals surface area contributed by atoms with Gasteiger partial charge in [0.1, 0.15) is 11.4 Å². The predicted molar refractivity (Wildman–Crippen MR) is 74.6 cm³/mol. The first-order valence-corrected chi connectivity index (χ1v) is 6.35. The van der Waals surface area contributed by atoms with E-state index in [4.69, 9.17) is 9.26 Å². The van der Waals surface area contributed by atoms with Crippen molar-refractivity contribution in [3.05, 3.63) is 54.0 Å². The number of hydrogen-bond acceptors (Lipinski definition) is 4. The Bertz CT molecular complexity index is 698. The first-order valence-electron chi connectivity index (χ1n) is 6.35. The third-order valence-corrected chi connectivity index (χ3v) is 3.09. The molecule has 0 N–H and O–H groups in total. The van der Waals surface area contributed by atoms with Crippen LogP contribution in [0.25, 0.3) is 11.6 Å². The molecule has 102 valence electrons. The second-order valence-corrected chi connectivity index (χ2v) is 4.52. The second-order valence-electron chi connectivity index (χ2n) is 4.52. The summed E-state index contributed by atoms with van der Waals surface area (Å²) in [5.41, 5.74) is 2.10. The van der Waals surface area contributed by atoms with E-state index in [-0.39, 0.29) is 0 Å². The van der Waals surface area contributed by atoms with Crippen LogP contribution in [0.15, 0.2) is 47.1 Å². The quantitative estimate of drug-likeness (QED) is 0.730. The van der Waals surface area contributed by atoms with E-state index in [0.717, 1.165) is 18.0 Å². The Morgan fingerprint density at radius 3 is 2.65 bits per heavy atom. The number of ether oxygens (including phenoxy) is 1. The Hall–Kier alpha value is -2.56. The standard InChI is InChI=1S/C15H15N3O2/c1-11-16-15(20-17-11)14-4-3-9-18(14)10-12-5-7-13(19-2)8-6-12/h3-9H,10H2,1-2H3. The predicted octanol–water partition coefficient (Wildman–Crippen LogP) is 2.90. The van der Waals surface area contributed by atoms with Gasteiger partial charge in [-0.1, -0.05) is 17.3 Å². The number of rotatable bonds is 4. The Labute approximate surface area is 116 Å². The first-order chi connectivity index (χ1) is 9.76. The molecule has 0 bridgehead atoms. The Balaban J connectivity index is 1.86. The molecule has 3 aromatic rings. The maximum absolute atomic E-state index is 5.22. The van der Waals surface area contributed by atoms with E-state index in [1.54, 1.807) is 7.11 Å². The molecule has 0 amide bonds. The number of benzene rings is 1. The van der Waals surface area contributed by atoms with Gasteiger partial charge in [-0.15, -0.1) is 0 Å². The largest absolute Gasteiger partial charge is 0.497 e. The molecule has 0 fully saturated rings. The van der Waals surface area contributed by atoms with Gasteiger partial charge in [-0.25, -0.2) is 0 Å². The molecule has 1 aromatic carbocycles. The van der Waals surface area contributed by atoms with E-state index < -0.39 is 0 Å². The van der Waals surface area contributed by atoms with Gasteiger partial charge < -0.3 is 13.8 Å². The highest BCUT2D eigenvalue weighted by Gasteiger charge is 2.11. The molecule has 0 atom stereocenters. The van der Waals surface area contributed by atoms with Crippen LogP contribution in [0.2, 0.25) is 0 Å². The average molecular weight is 269 g/mol.